The molecule has 4 heterocycles. The van der Waals surface area contributed by atoms with Crippen molar-refractivity contribution in [2.75, 3.05) is 31.6 Å². The Kier molecular flexibility index (Phi) is 6.07. The number of benzene rings is 1. The number of piperidine rings is 1. The molecule has 37 heavy (non-hydrogen) atoms. The summed E-state index contributed by atoms with van der Waals surface area (Å²) in [6, 6.07) is 4.10. The maximum atomic E-state index is 15.4. The first-order valence-corrected chi connectivity index (χ1v) is 13.8. The third kappa shape index (κ3) is 4.30. The molecular weight excluding hydrogens is 495 g/mol. The van der Waals surface area contributed by atoms with Gasteiger partial charge in [-0.05, 0) is 68.2 Å². The van der Waals surface area contributed by atoms with Gasteiger partial charge in [0, 0.05) is 35.3 Å². The summed E-state index contributed by atoms with van der Waals surface area (Å²) in [7, 11) is 0. The fraction of sp³-hybridized carbons (Fsp3) is 0.593. The van der Waals surface area contributed by atoms with E-state index in [1.807, 2.05) is 23.2 Å². The van der Waals surface area contributed by atoms with Crippen LogP contribution < -0.4 is 5.32 Å². The molecule has 0 bridgehead atoms. The molecule has 0 amide bonds. The van der Waals surface area contributed by atoms with E-state index in [1.165, 1.54) is 25.7 Å². The normalized spacial score (nSPS) is 34.0. The van der Waals surface area contributed by atoms with E-state index in [-0.39, 0.29) is 18.5 Å². The van der Waals surface area contributed by atoms with Gasteiger partial charge in [0.2, 0.25) is 5.95 Å². The highest BCUT2D eigenvalue weighted by atomic mass is 35.5. The average Bonchev–Trinajstić information content (AvgIpc) is 3.58. The zero-order valence-electron chi connectivity index (χ0n) is 20.6. The van der Waals surface area contributed by atoms with Crippen molar-refractivity contribution in [1.29, 1.82) is 0 Å². The summed E-state index contributed by atoms with van der Waals surface area (Å²) < 4.78 is 22.9. The first kappa shape index (κ1) is 23.8. The second kappa shape index (κ2) is 9.45. The third-order valence-electron chi connectivity index (χ3n) is 9.16. The lowest BCUT2D eigenvalue weighted by Crippen LogP contribution is -2.50. The van der Waals surface area contributed by atoms with E-state index in [0.29, 0.717) is 43.2 Å². The molecule has 4 aliphatic rings. The zero-order chi connectivity index (χ0) is 25.1. The van der Waals surface area contributed by atoms with Gasteiger partial charge < -0.3 is 15.2 Å². The van der Waals surface area contributed by atoms with Crippen molar-refractivity contribution >= 4 is 34.1 Å². The van der Waals surface area contributed by atoms with Crippen LogP contribution in [-0.2, 0) is 4.74 Å². The minimum Gasteiger partial charge on any atom is -0.389 e. The lowest BCUT2D eigenvalue weighted by atomic mass is 9.75. The number of rotatable bonds is 5. The van der Waals surface area contributed by atoms with Crippen LogP contribution in [0.5, 0.6) is 0 Å². The molecule has 2 saturated carbocycles. The summed E-state index contributed by atoms with van der Waals surface area (Å²) in [5.41, 5.74) is 2.37. The van der Waals surface area contributed by atoms with Crippen LogP contribution >= 0.6 is 11.6 Å². The number of nitrogens with one attached hydrogen (secondary N) is 1. The molecule has 196 valence electrons. The van der Waals surface area contributed by atoms with E-state index < -0.39 is 12.3 Å². The molecule has 2 aromatic heterocycles. The topological polar surface area (TPSA) is 88.3 Å². The van der Waals surface area contributed by atoms with Crippen LogP contribution in [0, 0.1) is 11.8 Å². The number of halogens is 2. The number of likely N-dealkylation sites (tertiary alicyclic amines) is 1. The molecule has 8 nitrogen and oxygen atoms in total. The SMILES string of the molecule is OC1COC[C@H]1N1CCC(c2cc3nc(Nc4cnn(C5CCC6CCC65)c4)ncc3cc2Cl)C(F)C1. The van der Waals surface area contributed by atoms with Crippen molar-refractivity contribution in [2.24, 2.45) is 11.8 Å². The van der Waals surface area contributed by atoms with Gasteiger partial charge in [-0.1, -0.05) is 11.6 Å². The Labute approximate surface area is 220 Å². The van der Waals surface area contributed by atoms with Gasteiger partial charge in [-0.15, -0.1) is 0 Å². The van der Waals surface area contributed by atoms with Crippen LogP contribution in [0.25, 0.3) is 10.9 Å². The smallest absolute Gasteiger partial charge is 0.227 e. The fourth-order valence-electron chi connectivity index (χ4n) is 6.97. The summed E-state index contributed by atoms with van der Waals surface area (Å²) in [5, 5.41) is 19.4. The number of alkyl halides is 1. The monoisotopic (exact) mass is 526 g/mol. The Morgan fingerprint density at radius 1 is 1.08 bits per heavy atom. The molecule has 0 radical (unpaired) electrons. The van der Waals surface area contributed by atoms with Crippen molar-refractivity contribution in [3.05, 3.63) is 41.3 Å². The lowest BCUT2D eigenvalue weighted by Gasteiger charge is -2.39. The highest BCUT2D eigenvalue weighted by molar-refractivity contribution is 6.32. The van der Waals surface area contributed by atoms with E-state index >= 15 is 4.39 Å². The third-order valence-corrected chi connectivity index (χ3v) is 9.49. The zero-order valence-corrected chi connectivity index (χ0v) is 21.4. The predicted octanol–water partition coefficient (Wildman–Crippen LogP) is 4.47. The van der Waals surface area contributed by atoms with Gasteiger partial charge in [0.05, 0.1) is 48.8 Å². The second-order valence-corrected chi connectivity index (χ2v) is 11.6. The largest absolute Gasteiger partial charge is 0.389 e. The number of aromatic nitrogens is 4. The molecule has 2 aliphatic heterocycles. The molecule has 2 aliphatic carbocycles. The highest BCUT2D eigenvalue weighted by Gasteiger charge is 2.43. The van der Waals surface area contributed by atoms with Crippen LogP contribution in [0.15, 0.2) is 30.7 Å². The Morgan fingerprint density at radius 3 is 2.73 bits per heavy atom. The predicted molar refractivity (Wildman–Crippen MR) is 139 cm³/mol. The van der Waals surface area contributed by atoms with Crippen molar-refractivity contribution in [2.45, 2.75) is 62.4 Å². The van der Waals surface area contributed by atoms with Crippen molar-refractivity contribution in [3.63, 3.8) is 0 Å². The molecule has 3 aromatic rings. The van der Waals surface area contributed by atoms with Gasteiger partial charge in [-0.2, -0.15) is 5.10 Å². The van der Waals surface area contributed by atoms with Crippen LogP contribution in [0.2, 0.25) is 5.02 Å². The summed E-state index contributed by atoms with van der Waals surface area (Å²) in [6.45, 7) is 1.71. The minimum atomic E-state index is -1.09. The number of anilines is 2. The Bertz CT molecular complexity index is 1310. The molecular formula is C27H32ClFN6O2. The van der Waals surface area contributed by atoms with Gasteiger partial charge in [0.25, 0.3) is 0 Å². The summed E-state index contributed by atoms with van der Waals surface area (Å²) in [6.07, 6.45) is 9.80. The van der Waals surface area contributed by atoms with Gasteiger partial charge in [-0.3, -0.25) is 9.58 Å². The Morgan fingerprint density at radius 2 is 1.97 bits per heavy atom. The molecule has 1 aromatic carbocycles. The number of hydrogen-bond donors (Lipinski definition) is 2. The van der Waals surface area contributed by atoms with E-state index in [9.17, 15) is 5.11 Å². The molecule has 2 N–H and O–H groups in total. The number of hydrogen-bond acceptors (Lipinski definition) is 7. The number of aliphatic hydroxyl groups is 1. The summed E-state index contributed by atoms with van der Waals surface area (Å²) >= 11 is 6.63. The van der Waals surface area contributed by atoms with E-state index in [0.717, 1.165) is 34.0 Å². The Balaban J connectivity index is 1.08. The van der Waals surface area contributed by atoms with Gasteiger partial charge in [0.15, 0.2) is 0 Å². The summed E-state index contributed by atoms with van der Waals surface area (Å²) in [5.74, 6) is 1.82. The summed E-state index contributed by atoms with van der Waals surface area (Å²) in [4.78, 5) is 11.2. The number of ether oxygens (including phenoxy) is 1. The van der Waals surface area contributed by atoms with Gasteiger partial charge in [0.1, 0.15) is 6.17 Å². The molecule has 6 unspecified atom stereocenters. The van der Waals surface area contributed by atoms with Crippen LogP contribution in [0.3, 0.4) is 0 Å². The second-order valence-electron chi connectivity index (χ2n) is 11.2. The van der Waals surface area contributed by atoms with E-state index in [2.05, 4.69) is 26.3 Å². The first-order chi connectivity index (χ1) is 18.0. The molecule has 10 heteroatoms. The van der Waals surface area contributed by atoms with Crippen LogP contribution in [0.1, 0.15) is 49.6 Å². The van der Waals surface area contributed by atoms with E-state index in [1.54, 1.807) is 6.20 Å². The Hall–Kier alpha value is -2.33. The average molecular weight is 527 g/mol. The quantitative estimate of drug-likeness (QED) is 0.507. The first-order valence-electron chi connectivity index (χ1n) is 13.4. The molecule has 7 atom stereocenters. The van der Waals surface area contributed by atoms with Crippen molar-refractivity contribution in [1.82, 2.24) is 24.6 Å². The molecule has 0 spiro atoms. The van der Waals surface area contributed by atoms with Gasteiger partial charge in [-0.25, -0.2) is 14.4 Å². The lowest BCUT2D eigenvalue weighted by molar-refractivity contribution is 0.0353. The van der Waals surface area contributed by atoms with Crippen molar-refractivity contribution < 1.29 is 14.2 Å². The fourth-order valence-corrected chi connectivity index (χ4v) is 7.28. The maximum absolute atomic E-state index is 15.4. The highest BCUT2D eigenvalue weighted by Crippen LogP contribution is 2.52. The van der Waals surface area contributed by atoms with Gasteiger partial charge >= 0.3 is 0 Å². The van der Waals surface area contributed by atoms with E-state index in [4.69, 9.17) is 21.3 Å². The molecule has 4 fully saturated rings. The molecule has 7 rings (SSSR count). The number of fused-ring (bicyclic) bond motifs is 2. The number of nitrogens with zero attached hydrogens (tertiary/aromatic N) is 5. The maximum Gasteiger partial charge on any atom is 0.227 e. The minimum absolute atomic E-state index is 0.138. The van der Waals surface area contributed by atoms with Crippen molar-refractivity contribution in [3.8, 4) is 0 Å². The number of aliphatic hydroxyl groups excluding tert-OH is 1. The standard InChI is InChI=1S/C27H32ClFN6O2/c28-21-7-16-9-30-27(32-17-10-31-35(11-17)24-4-2-15-1-3-18(15)24)33-23(16)8-20(21)19-5-6-34(12-22(19)29)25-13-37-14-26(25)36/h7-11,15,18-19,22,24-26,36H,1-6,12-14H2,(H,30,32,33)/t15?,18?,19?,22?,24?,25-,26?/m1/s1. The van der Waals surface area contributed by atoms with Crippen LogP contribution in [0.4, 0.5) is 16.0 Å². The molecule has 2 saturated heterocycles. The van der Waals surface area contributed by atoms with Crippen LogP contribution in [-0.4, -0.2) is 74.4 Å².